The minimum atomic E-state index is -0.883. The second-order valence-electron chi connectivity index (χ2n) is 5.63. The maximum Gasteiger partial charge on any atom is 0.408 e. The molecule has 6 heteroatoms. The SMILES string of the molecule is C=CCNC(=O)[C@H](Cc1ccccc1O)NC(=O)OCc1ccccc1. The first-order chi connectivity index (χ1) is 12.6. The Balaban J connectivity index is 2.00. The van der Waals surface area contributed by atoms with Crippen LogP contribution in [-0.4, -0.2) is 29.7 Å². The van der Waals surface area contributed by atoms with Crippen LogP contribution >= 0.6 is 0 Å². The van der Waals surface area contributed by atoms with Crippen molar-refractivity contribution in [2.75, 3.05) is 6.54 Å². The molecule has 0 aliphatic carbocycles. The summed E-state index contributed by atoms with van der Waals surface area (Å²) in [5.41, 5.74) is 1.39. The fourth-order valence-corrected chi connectivity index (χ4v) is 2.32. The number of ether oxygens (including phenoxy) is 1. The Labute approximate surface area is 152 Å². The number of para-hydroxylation sites is 1. The largest absolute Gasteiger partial charge is 0.508 e. The number of hydrogen-bond acceptors (Lipinski definition) is 4. The second kappa shape index (κ2) is 9.88. The highest BCUT2D eigenvalue weighted by molar-refractivity contribution is 5.86. The highest BCUT2D eigenvalue weighted by Gasteiger charge is 2.22. The van der Waals surface area contributed by atoms with E-state index in [1.54, 1.807) is 24.3 Å². The van der Waals surface area contributed by atoms with Gasteiger partial charge in [-0.05, 0) is 17.2 Å². The number of phenolic OH excluding ortho intramolecular Hbond substituents is 1. The zero-order valence-corrected chi connectivity index (χ0v) is 14.4. The van der Waals surface area contributed by atoms with Crippen molar-refractivity contribution >= 4 is 12.0 Å². The molecule has 2 aromatic carbocycles. The van der Waals surface area contributed by atoms with Crippen LogP contribution in [0.15, 0.2) is 67.3 Å². The zero-order chi connectivity index (χ0) is 18.8. The molecular weight excluding hydrogens is 332 g/mol. The first-order valence-corrected chi connectivity index (χ1v) is 8.23. The lowest BCUT2D eigenvalue weighted by atomic mass is 10.0. The van der Waals surface area contributed by atoms with Gasteiger partial charge in [0.05, 0.1) is 0 Å². The quantitative estimate of drug-likeness (QED) is 0.636. The molecule has 3 N–H and O–H groups in total. The molecule has 0 saturated heterocycles. The second-order valence-corrected chi connectivity index (χ2v) is 5.63. The molecule has 0 heterocycles. The Morgan fingerprint density at radius 3 is 2.50 bits per heavy atom. The monoisotopic (exact) mass is 354 g/mol. The summed E-state index contributed by atoms with van der Waals surface area (Å²) < 4.78 is 5.17. The third-order valence-electron chi connectivity index (χ3n) is 3.66. The molecule has 0 bridgehead atoms. The van der Waals surface area contributed by atoms with Crippen molar-refractivity contribution in [1.82, 2.24) is 10.6 Å². The van der Waals surface area contributed by atoms with E-state index in [-0.39, 0.29) is 31.2 Å². The number of rotatable bonds is 8. The lowest BCUT2D eigenvalue weighted by molar-refractivity contribution is -0.122. The summed E-state index contributed by atoms with van der Waals surface area (Å²) in [7, 11) is 0. The van der Waals surface area contributed by atoms with E-state index in [1.807, 2.05) is 30.3 Å². The van der Waals surface area contributed by atoms with Gasteiger partial charge in [-0.15, -0.1) is 6.58 Å². The Kier molecular flexibility index (Phi) is 7.24. The number of aromatic hydroxyl groups is 1. The molecule has 136 valence electrons. The van der Waals surface area contributed by atoms with Gasteiger partial charge in [-0.3, -0.25) is 4.79 Å². The van der Waals surface area contributed by atoms with Crippen LogP contribution in [-0.2, 0) is 22.6 Å². The summed E-state index contributed by atoms with van der Waals surface area (Å²) in [4.78, 5) is 24.4. The Morgan fingerprint density at radius 2 is 1.81 bits per heavy atom. The summed E-state index contributed by atoms with van der Waals surface area (Å²) in [6.07, 6.45) is 0.974. The van der Waals surface area contributed by atoms with Crippen molar-refractivity contribution in [3.05, 3.63) is 78.4 Å². The minimum Gasteiger partial charge on any atom is -0.508 e. The van der Waals surface area contributed by atoms with E-state index in [9.17, 15) is 14.7 Å². The van der Waals surface area contributed by atoms with Gasteiger partial charge >= 0.3 is 6.09 Å². The van der Waals surface area contributed by atoms with Gasteiger partial charge in [0.15, 0.2) is 0 Å². The topological polar surface area (TPSA) is 87.7 Å². The molecule has 2 aromatic rings. The maximum absolute atomic E-state index is 12.3. The van der Waals surface area contributed by atoms with Gasteiger partial charge in [0.2, 0.25) is 5.91 Å². The van der Waals surface area contributed by atoms with E-state index in [0.717, 1.165) is 5.56 Å². The summed E-state index contributed by atoms with van der Waals surface area (Å²) in [5, 5.41) is 15.1. The number of hydrogen-bond donors (Lipinski definition) is 3. The molecule has 26 heavy (non-hydrogen) atoms. The van der Waals surface area contributed by atoms with Crippen molar-refractivity contribution < 1.29 is 19.4 Å². The first kappa shape index (κ1) is 19.1. The zero-order valence-electron chi connectivity index (χ0n) is 14.4. The molecular formula is C20H22N2O4. The standard InChI is InChI=1S/C20H22N2O4/c1-2-12-21-19(24)17(13-16-10-6-7-11-18(16)23)22-20(25)26-14-15-8-4-3-5-9-15/h2-11,17,23H,1,12-14H2,(H,21,24)(H,22,25)/t17-/m0/s1. The molecule has 2 rings (SSSR count). The van der Waals surface area contributed by atoms with E-state index < -0.39 is 12.1 Å². The predicted molar refractivity (Wildman–Crippen MR) is 98.6 cm³/mol. The molecule has 2 amide bonds. The van der Waals surface area contributed by atoms with Gasteiger partial charge in [-0.2, -0.15) is 0 Å². The lowest BCUT2D eigenvalue weighted by Gasteiger charge is -2.18. The number of alkyl carbamates (subject to hydrolysis) is 1. The van der Waals surface area contributed by atoms with Gasteiger partial charge in [0.25, 0.3) is 0 Å². The van der Waals surface area contributed by atoms with Gasteiger partial charge in [0, 0.05) is 13.0 Å². The number of phenols is 1. The minimum absolute atomic E-state index is 0.0634. The molecule has 0 aromatic heterocycles. The van der Waals surface area contributed by atoms with E-state index >= 15 is 0 Å². The fraction of sp³-hybridized carbons (Fsp3) is 0.200. The third-order valence-corrected chi connectivity index (χ3v) is 3.66. The van der Waals surface area contributed by atoms with Crippen molar-refractivity contribution in [2.45, 2.75) is 19.1 Å². The van der Waals surface area contributed by atoms with Crippen LogP contribution in [0.1, 0.15) is 11.1 Å². The van der Waals surface area contributed by atoms with E-state index in [1.165, 1.54) is 6.07 Å². The highest BCUT2D eigenvalue weighted by Crippen LogP contribution is 2.17. The molecule has 0 aliphatic heterocycles. The summed E-state index contributed by atoms with van der Waals surface area (Å²) in [6.45, 7) is 3.92. The molecule has 1 atom stereocenters. The average Bonchev–Trinajstić information content (AvgIpc) is 2.66. The van der Waals surface area contributed by atoms with Crippen LogP contribution in [0.2, 0.25) is 0 Å². The van der Waals surface area contributed by atoms with Crippen LogP contribution in [0, 0.1) is 0 Å². The maximum atomic E-state index is 12.3. The van der Waals surface area contributed by atoms with Gasteiger partial charge < -0.3 is 20.5 Å². The first-order valence-electron chi connectivity index (χ1n) is 8.23. The summed E-state index contributed by atoms with van der Waals surface area (Å²) in [6, 6.07) is 15.0. The number of amides is 2. The average molecular weight is 354 g/mol. The van der Waals surface area contributed by atoms with Crippen LogP contribution in [0.3, 0.4) is 0 Å². The van der Waals surface area contributed by atoms with Crippen LogP contribution in [0.25, 0.3) is 0 Å². The Hall–Kier alpha value is -3.28. The number of carbonyl (C=O) groups excluding carboxylic acids is 2. The van der Waals surface area contributed by atoms with Crippen LogP contribution in [0.5, 0.6) is 5.75 Å². The Bertz CT molecular complexity index is 746. The molecule has 0 unspecified atom stereocenters. The van der Waals surface area contributed by atoms with Crippen molar-refractivity contribution in [1.29, 1.82) is 0 Å². The van der Waals surface area contributed by atoms with Gasteiger partial charge in [-0.1, -0.05) is 54.6 Å². The van der Waals surface area contributed by atoms with Gasteiger partial charge in [-0.25, -0.2) is 4.79 Å². The van der Waals surface area contributed by atoms with Crippen LogP contribution < -0.4 is 10.6 Å². The molecule has 0 saturated carbocycles. The smallest absolute Gasteiger partial charge is 0.408 e. The third kappa shape index (κ3) is 5.98. The van der Waals surface area contributed by atoms with E-state index in [2.05, 4.69) is 17.2 Å². The van der Waals surface area contributed by atoms with Crippen molar-refractivity contribution in [2.24, 2.45) is 0 Å². The Morgan fingerprint density at radius 1 is 1.12 bits per heavy atom. The molecule has 0 fully saturated rings. The van der Waals surface area contributed by atoms with Crippen molar-refractivity contribution in [3.8, 4) is 5.75 Å². The van der Waals surface area contributed by atoms with Crippen molar-refractivity contribution in [3.63, 3.8) is 0 Å². The van der Waals surface area contributed by atoms with E-state index in [0.29, 0.717) is 5.56 Å². The summed E-state index contributed by atoms with van der Waals surface area (Å²) >= 11 is 0. The normalized spacial score (nSPS) is 11.2. The highest BCUT2D eigenvalue weighted by atomic mass is 16.5. The van der Waals surface area contributed by atoms with Crippen LogP contribution in [0.4, 0.5) is 4.79 Å². The molecule has 0 radical (unpaired) electrons. The molecule has 6 nitrogen and oxygen atoms in total. The lowest BCUT2D eigenvalue weighted by Crippen LogP contribution is -2.48. The summed E-state index contributed by atoms with van der Waals surface area (Å²) in [5.74, 6) is -0.321. The molecule has 0 spiro atoms. The number of benzene rings is 2. The van der Waals surface area contributed by atoms with Gasteiger partial charge in [0.1, 0.15) is 18.4 Å². The molecule has 0 aliphatic rings. The number of nitrogens with one attached hydrogen (secondary N) is 2. The van der Waals surface area contributed by atoms with E-state index in [4.69, 9.17) is 4.74 Å². The fourth-order valence-electron chi connectivity index (χ4n) is 2.32. The number of carbonyl (C=O) groups is 2. The predicted octanol–water partition coefficient (Wildman–Crippen LogP) is 2.53.